The smallest absolute Gasteiger partial charge is 0.326 e. The Bertz CT molecular complexity index is 1280. The number of ether oxygens (including phenoxy) is 1. The monoisotopic (exact) mass is 554 g/mol. The van der Waals surface area contributed by atoms with Gasteiger partial charge in [0.25, 0.3) is 11.8 Å². The van der Waals surface area contributed by atoms with Gasteiger partial charge in [-0.2, -0.15) is 0 Å². The maximum atomic E-state index is 12.8. The van der Waals surface area contributed by atoms with Crippen LogP contribution >= 0.6 is 23.2 Å². The number of halogens is 2. The van der Waals surface area contributed by atoms with Crippen molar-refractivity contribution in [2.45, 2.75) is 31.2 Å². The third-order valence-corrected chi connectivity index (χ3v) is 7.43. The molecule has 0 radical (unpaired) electrons. The molecule has 0 bridgehead atoms. The summed E-state index contributed by atoms with van der Waals surface area (Å²) in [5.41, 5.74) is 2.61. The molecule has 1 aliphatic heterocycles. The summed E-state index contributed by atoms with van der Waals surface area (Å²) in [7, 11) is 1.59. The van der Waals surface area contributed by atoms with Crippen molar-refractivity contribution in [1.29, 1.82) is 0 Å². The Labute approximate surface area is 231 Å². The molecule has 9 heteroatoms. The molecule has 2 N–H and O–H groups in total. The summed E-state index contributed by atoms with van der Waals surface area (Å²) >= 11 is 12.2. The van der Waals surface area contributed by atoms with Crippen LogP contribution in [0.4, 0.5) is 0 Å². The van der Waals surface area contributed by atoms with Crippen molar-refractivity contribution in [3.05, 3.63) is 99.0 Å². The van der Waals surface area contributed by atoms with E-state index in [9.17, 15) is 19.5 Å². The highest BCUT2D eigenvalue weighted by Crippen LogP contribution is 2.29. The molecule has 0 saturated carbocycles. The van der Waals surface area contributed by atoms with E-state index in [0.29, 0.717) is 30.3 Å². The van der Waals surface area contributed by atoms with Gasteiger partial charge in [-0.3, -0.25) is 9.59 Å². The van der Waals surface area contributed by atoms with Crippen LogP contribution in [-0.4, -0.2) is 54.0 Å². The molecule has 1 heterocycles. The number of piperidine rings is 1. The number of hydrogen-bond acceptors (Lipinski definition) is 4. The summed E-state index contributed by atoms with van der Waals surface area (Å²) in [6, 6.07) is 18.4. The summed E-state index contributed by atoms with van der Waals surface area (Å²) in [5, 5.41) is 12.5. The van der Waals surface area contributed by atoms with Crippen LogP contribution in [-0.2, 0) is 11.2 Å². The predicted octanol–water partition coefficient (Wildman–Crippen LogP) is 5.45. The molecule has 3 aromatic rings. The van der Waals surface area contributed by atoms with Gasteiger partial charge in [0.05, 0.1) is 22.7 Å². The Morgan fingerprint density at radius 2 is 1.58 bits per heavy atom. The largest absolute Gasteiger partial charge is 0.497 e. The zero-order valence-electron chi connectivity index (χ0n) is 20.8. The Morgan fingerprint density at radius 1 is 0.974 bits per heavy atom. The van der Waals surface area contributed by atoms with Gasteiger partial charge < -0.3 is 20.1 Å². The molecule has 38 heavy (non-hydrogen) atoms. The number of likely N-dealkylation sites (tertiary alicyclic amines) is 1. The Morgan fingerprint density at radius 3 is 2.13 bits per heavy atom. The lowest BCUT2D eigenvalue weighted by Gasteiger charge is -2.32. The number of carboxylic acids is 1. The van der Waals surface area contributed by atoms with Crippen molar-refractivity contribution >= 4 is 41.0 Å². The molecule has 2 amide bonds. The summed E-state index contributed by atoms with van der Waals surface area (Å²) in [6.45, 7) is 1.32. The zero-order valence-corrected chi connectivity index (χ0v) is 22.3. The number of methoxy groups -OCH3 is 1. The van der Waals surface area contributed by atoms with Crippen LogP contribution in [0.1, 0.15) is 50.6 Å². The molecular formula is C29H28Cl2N2O5. The van der Waals surface area contributed by atoms with Gasteiger partial charge in [0.2, 0.25) is 0 Å². The number of hydrogen-bond donors (Lipinski definition) is 2. The van der Waals surface area contributed by atoms with Gasteiger partial charge in [0, 0.05) is 25.1 Å². The van der Waals surface area contributed by atoms with Gasteiger partial charge in [0.15, 0.2) is 0 Å². The van der Waals surface area contributed by atoms with E-state index in [2.05, 4.69) is 5.32 Å². The van der Waals surface area contributed by atoms with Gasteiger partial charge in [-0.25, -0.2) is 4.79 Å². The number of carbonyl (C=O) groups excluding carboxylic acids is 2. The topological polar surface area (TPSA) is 95.9 Å². The molecule has 1 fully saturated rings. The van der Waals surface area contributed by atoms with Crippen LogP contribution < -0.4 is 10.1 Å². The second kappa shape index (κ2) is 12.3. The fraction of sp³-hybridized carbons (Fsp3) is 0.276. The maximum absolute atomic E-state index is 12.8. The zero-order chi connectivity index (χ0) is 27.2. The number of rotatable bonds is 8. The number of nitrogens with zero attached hydrogens (tertiary/aromatic N) is 1. The van der Waals surface area contributed by atoms with Crippen molar-refractivity contribution in [3.8, 4) is 5.75 Å². The van der Waals surface area contributed by atoms with E-state index < -0.39 is 17.9 Å². The van der Waals surface area contributed by atoms with Gasteiger partial charge in [-0.1, -0.05) is 53.5 Å². The standard InChI is InChI=1S/C29H28Cl2N2O5/c1-38-22-11-9-21(10-12-22)28(35)33-15-13-20(14-16-33)19-7-5-18(6-8-19)17-25(29(36)37)32-27(34)26-23(30)3-2-4-24(26)31/h2-12,20,25H,13-17H2,1H3,(H,32,34)(H,36,37)/t25-/m0/s1. The lowest BCUT2D eigenvalue weighted by molar-refractivity contribution is -0.139. The molecule has 3 aromatic carbocycles. The molecule has 7 nitrogen and oxygen atoms in total. The summed E-state index contributed by atoms with van der Waals surface area (Å²) in [6.07, 6.45) is 1.79. The summed E-state index contributed by atoms with van der Waals surface area (Å²) in [4.78, 5) is 39.2. The molecule has 1 aliphatic rings. The van der Waals surface area contributed by atoms with Crippen LogP contribution in [0.15, 0.2) is 66.7 Å². The molecule has 4 rings (SSSR count). The minimum atomic E-state index is -1.15. The van der Waals surface area contributed by atoms with Gasteiger partial charge in [-0.15, -0.1) is 0 Å². The normalized spacial score (nSPS) is 14.6. The number of aliphatic carboxylic acids is 1. The highest BCUT2D eigenvalue weighted by molar-refractivity contribution is 6.39. The number of nitrogens with one attached hydrogen (secondary N) is 1. The molecule has 1 atom stereocenters. The highest BCUT2D eigenvalue weighted by Gasteiger charge is 2.26. The minimum Gasteiger partial charge on any atom is -0.497 e. The van der Waals surface area contributed by atoms with Crippen LogP contribution in [0.3, 0.4) is 0 Å². The fourth-order valence-electron chi connectivity index (χ4n) is 4.64. The predicted molar refractivity (Wildman–Crippen MR) is 146 cm³/mol. The molecule has 0 aromatic heterocycles. The van der Waals surface area contributed by atoms with Crippen molar-refractivity contribution in [2.24, 2.45) is 0 Å². The van der Waals surface area contributed by atoms with Crippen molar-refractivity contribution in [3.63, 3.8) is 0 Å². The number of carbonyl (C=O) groups is 3. The summed E-state index contributed by atoms with van der Waals surface area (Å²) < 4.78 is 5.16. The van der Waals surface area contributed by atoms with Crippen LogP contribution in [0.5, 0.6) is 5.75 Å². The SMILES string of the molecule is COc1ccc(C(=O)N2CCC(c3ccc(C[C@H](NC(=O)c4c(Cl)cccc4Cl)C(=O)O)cc3)CC2)cc1. The van der Waals surface area contributed by atoms with Gasteiger partial charge in [-0.05, 0) is 66.3 Å². The first-order valence-corrected chi connectivity index (χ1v) is 13.0. The first kappa shape index (κ1) is 27.5. The first-order chi connectivity index (χ1) is 18.3. The quantitative estimate of drug-likeness (QED) is 0.386. The lowest BCUT2D eigenvalue weighted by atomic mass is 9.88. The number of amides is 2. The van der Waals surface area contributed by atoms with Crippen molar-refractivity contribution in [2.75, 3.05) is 20.2 Å². The summed E-state index contributed by atoms with van der Waals surface area (Å²) in [5.74, 6) is -0.756. The van der Waals surface area contributed by atoms with E-state index >= 15 is 0 Å². The first-order valence-electron chi connectivity index (χ1n) is 12.3. The van der Waals surface area contributed by atoms with E-state index in [1.54, 1.807) is 37.4 Å². The van der Waals surface area contributed by atoms with E-state index in [1.807, 2.05) is 29.2 Å². The third-order valence-electron chi connectivity index (χ3n) is 6.80. The van der Waals surface area contributed by atoms with Gasteiger partial charge >= 0.3 is 5.97 Å². The maximum Gasteiger partial charge on any atom is 0.326 e. The molecule has 0 spiro atoms. The second-order valence-corrected chi connectivity index (χ2v) is 10.0. The van der Waals surface area contributed by atoms with Crippen molar-refractivity contribution < 1.29 is 24.2 Å². The number of benzene rings is 3. The highest BCUT2D eigenvalue weighted by atomic mass is 35.5. The Hall–Kier alpha value is -3.55. The molecule has 198 valence electrons. The van der Waals surface area contributed by atoms with Crippen LogP contribution in [0.2, 0.25) is 10.0 Å². The van der Waals surface area contributed by atoms with E-state index in [0.717, 1.165) is 24.0 Å². The van der Waals surface area contributed by atoms with E-state index in [-0.39, 0.29) is 27.9 Å². The molecule has 1 saturated heterocycles. The average Bonchev–Trinajstić information content (AvgIpc) is 2.92. The lowest BCUT2D eigenvalue weighted by Crippen LogP contribution is -2.42. The minimum absolute atomic E-state index is 0.0151. The van der Waals surface area contributed by atoms with E-state index in [4.69, 9.17) is 27.9 Å². The number of carboxylic acid groups (broad SMARTS) is 1. The average molecular weight is 555 g/mol. The van der Waals surface area contributed by atoms with E-state index in [1.165, 1.54) is 12.1 Å². The molecular weight excluding hydrogens is 527 g/mol. The van der Waals surface area contributed by atoms with Crippen LogP contribution in [0, 0.1) is 0 Å². The second-order valence-electron chi connectivity index (χ2n) is 9.20. The Kier molecular flexibility index (Phi) is 8.92. The fourth-order valence-corrected chi connectivity index (χ4v) is 5.21. The molecule has 0 unspecified atom stereocenters. The molecule has 0 aliphatic carbocycles. The van der Waals surface area contributed by atoms with Crippen molar-refractivity contribution in [1.82, 2.24) is 10.2 Å². The third kappa shape index (κ3) is 6.47. The van der Waals surface area contributed by atoms with Gasteiger partial charge in [0.1, 0.15) is 11.8 Å². The van der Waals surface area contributed by atoms with Crippen LogP contribution in [0.25, 0.3) is 0 Å². The Balaban J connectivity index is 1.34.